The second-order valence-electron chi connectivity index (χ2n) is 5.51. The van der Waals surface area contributed by atoms with E-state index in [2.05, 4.69) is 5.32 Å². The van der Waals surface area contributed by atoms with Gasteiger partial charge in [-0.05, 0) is 45.6 Å². The van der Waals surface area contributed by atoms with Crippen molar-refractivity contribution in [3.05, 3.63) is 33.8 Å². The maximum Gasteiger partial charge on any atom is 0.0869 e. The van der Waals surface area contributed by atoms with Gasteiger partial charge in [0.05, 0.1) is 15.6 Å². The van der Waals surface area contributed by atoms with Gasteiger partial charge < -0.3 is 15.3 Å². The number of nitrogens with zero attached hydrogens (tertiary/aromatic N) is 1. The Morgan fingerprint density at radius 1 is 1.32 bits per heavy atom. The molecule has 0 fully saturated rings. The quantitative estimate of drug-likeness (QED) is 0.848. The normalized spacial score (nSPS) is 16.4. The molecular formula is C14H22Cl2N2O. The summed E-state index contributed by atoms with van der Waals surface area (Å²) in [5.41, 5.74) is 0.281. The minimum Gasteiger partial charge on any atom is -0.388 e. The number of rotatable bonds is 6. The molecule has 0 aliphatic rings. The van der Waals surface area contributed by atoms with Crippen LogP contribution in [-0.2, 0) is 0 Å². The molecule has 19 heavy (non-hydrogen) atoms. The van der Waals surface area contributed by atoms with Crippen molar-refractivity contribution in [1.29, 1.82) is 0 Å². The number of benzene rings is 1. The van der Waals surface area contributed by atoms with Gasteiger partial charge in [-0.3, -0.25) is 0 Å². The van der Waals surface area contributed by atoms with E-state index in [0.717, 1.165) is 5.56 Å². The first-order valence-corrected chi connectivity index (χ1v) is 7.02. The van der Waals surface area contributed by atoms with Gasteiger partial charge in [-0.1, -0.05) is 29.3 Å². The Kier molecular flexibility index (Phi) is 6.09. The molecule has 108 valence electrons. The van der Waals surface area contributed by atoms with Crippen LogP contribution in [0.25, 0.3) is 0 Å². The SMILES string of the molecule is CC(NCC(C)(O)CN(C)C)c1ccc(Cl)c(Cl)c1. The van der Waals surface area contributed by atoms with Gasteiger partial charge in [0.2, 0.25) is 0 Å². The van der Waals surface area contributed by atoms with Gasteiger partial charge in [-0.15, -0.1) is 0 Å². The molecule has 2 unspecified atom stereocenters. The van der Waals surface area contributed by atoms with Gasteiger partial charge in [0, 0.05) is 19.1 Å². The van der Waals surface area contributed by atoms with Crippen molar-refractivity contribution >= 4 is 23.2 Å². The predicted octanol–water partition coefficient (Wildman–Crippen LogP) is 2.96. The molecule has 0 amide bonds. The number of halogens is 2. The zero-order valence-corrected chi connectivity index (χ0v) is 13.4. The lowest BCUT2D eigenvalue weighted by molar-refractivity contribution is 0.0317. The van der Waals surface area contributed by atoms with E-state index in [-0.39, 0.29) is 6.04 Å². The molecule has 0 spiro atoms. The molecule has 1 rings (SSSR count). The lowest BCUT2D eigenvalue weighted by atomic mass is 10.0. The molecule has 2 atom stereocenters. The molecule has 0 radical (unpaired) electrons. The van der Waals surface area contributed by atoms with E-state index in [1.807, 2.05) is 45.0 Å². The Morgan fingerprint density at radius 2 is 1.95 bits per heavy atom. The van der Waals surface area contributed by atoms with Crippen molar-refractivity contribution < 1.29 is 5.11 Å². The Balaban J connectivity index is 2.59. The van der Waals surface area contributed by atoms with E-state index >= 15 is 0 Å². The van der Waals surface area contributed by atoms with Crippen molar-refractivity contribution in [2.24, 2.45) is 0 Å². The summed E-state index contributed by atoms with van der Waals surface area (Å²) in [6.07, 6.45) is 0. The van der Waals surface area contributed by atoms with E-state index in [1.165, 1.54) is 0 Å². The fourth-order valence-corrected chi connectivity index (χ4v) is 2.32. The van der Waals surface area contributed by atoms with Crippen LogP contribution in [0.5, 0.6) is 0 Å². The summed E-state index contributed by atoms with van der Waals surface area (Å²) < 4.78 is 0. The van der Waals surface area contributed by atoms with Gasteiger partial charge in [0.15, 0.2) is 0 Å². The Labute approximate surface area is 125 Å². The van der Waals surface area contributed by atoms with Crippen LogP contribution in [0.2, 0.25) is 10.0 Å². The highest BCUT2D eigenvalue weighted by atomic mass is 35.5. The number of aliphatic hydroxyl groups is 1. The van der Waals surface area contributed by atoms with Crippen LogP contribution < -0.4 is 5.32 Å². The van der Waals surface area contributed by atoms with Crippen LogP contribution in [0.15, 0.2) is 18.2 Å². The van der Waals surface area contributed by atoms with Crippen LogP contribution >= 0.6 is 23.2 Å². The first-order chi connectivity index (χ1) is 8.71. The minimum atomic E-state index is -0.770. The van der Waals surface area contributed by atoms with E-state index in [1.54, 1.807) is 6.07 Å². The zero-order valence-electron chi connectivity index (χ0n) is 11.9. The minimum absolute atomic E-state index is 0.100. The van der Waals surface area contributed by atoms with Crippen LogP contribution in [0.3, 0.4) is 0 Å². The molecule has 0 aliphatic carbocycles. The molecule has 3 nitrogen and oxygen atoms in total. The van der Waals surface area contributed by atoms with E-state index in [9.17, 15) is 5.11 Å². The fraction of sp³-hybridized carbons (Fsp3) is 0.571. The third-order valence-corrected chi connectivity index (χ3v) is 3.63. The highest BCUT2D eigenvalue weighted by molar-refractivity contribution is 6.42. The predicted molar refractivity (Wildman–Crippen MR) is 82.1 cm³/mol. The molecule has 5 heteroatoms. The van der Waals surface area contributed by atoms with Crippen LogP contribution in [0.1, 0.15) is 25.5 Å². The largest absolute Gasteiger partial charge is 0.388 e. The van der Waals surface area contributed by atoms with Crippen LogP contribution in [-0.4, -0.2) is 42.8 Å². The standard InChI is InChI=1S/C14H22Cl2N2O/c1-10(11-5-6-12(15)13(16)7-11)17-8-14(2,19)9-18(3)4/h5-7,10,17,19H,8-9H2,1-4H3. The first kappa shape index (κ1) is 16.7. The summed E-state index contributed by atoms with van der Waals surface area (Å²) in [5.74, 6) is 0. The molecular weight excluding hydrogens is 283 g/mol. The smallest absolute Gasteiger partial charge is 0.0869 e. The molecule has 0 heterocycles. The maximum atomic E-state index is 10.2. The van der Waals surface area contributed by atoms with Gasteiger partial charge >= 0.3 is 0 Å². The van der Waals surface area contributed by atoms with Gasteiger partial charge in [-0.25, -0.2) is 0 Å². The summed E-state index contributed by atoms with van der Waals surface area (Å²) in [5, 5.41) is 14.6. The zero-order chi connectivity index (χ0) is 14.6. The fourth-order valence-electron chi connectivity index (χ4n) is 2.01. The average molecular weight is 305 g/mol. The Morgan fingerprint density at radius 3 is 2.47 bits per heavy atom. The summed E-state index contributed by atoms with van der Waals surface area (Å²) in [4.78, 5) is 1.96. The molecule has 0 saturated heterocycles. The lowest BCUT2D eigenvalue weighted by Crippen LogP contribution is -2.46. The average Bonchev–Trinajstić information content (AvgIpc) is 2.28. The van der Waals surface area contributed by atoms with Gasteiger partial charge in [0.1, 0.15) is 0 Å². The number of hydrogen-bond acceptors (Lipinski definition) is 3. The van der Waals surface area contributed by atoms with E-state index in [0.29, 0.717) is 23.1 Å². The molecule has 1 aromatic carbocycles. The molecule has 2 N–H and O–H groups in total. The third-order valence-electron chi connectivity index (χ3n) is 2.89. The number of nitrogens with one attached hydrogen (secondary N) is 1. The third kappa shape index (κ3) is 5.67. The van der Waals surface area contributed by atoms with Crippen molar-refractivity contribution in [3.8, 4) is 0 Å². The molecule has 0 saturated carbocycles. The number of likely N-dealkylation sites (N-methyl/N-ethyl adjacent to an activating group) is 1. The number of hydrogen-bond donors (Lipinski definition) is 2. The van der Waals surface area contributed by atoms with Gasteiger partial charge in [-0.2, -0.15) is 0 Å². The highest BCUT2D eigenvalue weighted by Gasteiger charge is 2.22. The van der Waals surface area contributed by atoms with Crippen molar-refractivity contribution in [3.63, 3.8) is 0 Å². The maximum absolute atomic E-state index is 10.2. The Hall–Kier alpha value is -0.320. The van der Waals surface area contributed by atoms with Crippen molar-refractivity contribution in [1.82, 2.24) is 10.2 Å². The van der Waals surface area contributed by atoms with Crippen molar-refractivity contribution in [2.75, 3.05) is 27.2 Å². The molecule has 0 aromatic heterocycles. The highest BCUT2D eigenvalue weighted by Crippen LogP contribution is 2.25. The lowest BCUT2D eigenvalue weighted by Gasteiger charge is -2.29. The topological polar surface area (TPSA) is 35.5 Å². The molecule has 0 aliphatic heterocycles. The van der Waals surface area contributed by atoms with Crippen LogP contribution in [0, 0.1) is 0 Å². The first-order valence-electron chi connectivity index (χ1n) is 6.27. The summed E-state index contributed by atoms with van der Waals surface area (Å²) in [6, 6.07) is 5.67. The van der Waals surface area contributed by atoms with Gasteiger partial charge in [0.25, 0.3) is 0 Å². The van der Waals surface area contributed by atoms with E-state index < -0.39 is 5.60 Å². The summed E-state index contributed by atoms with van der Waals surface area (Å²) in [7, 11) is 3.88. The molecule has 0 bridgehead atoms. The van der Waals surface area contributed by atoms with Crippen LogP contribution in [0.4, 0.5) is 0 Å². The second-order valence-corrected chi connectivity index (χ2v) is 6.33. The van der Waals surface area contributed by atoms with Crippen molar-refractivity contribution in [2.45, 2.75) is 25.5 Å². The summed E-state index contributed by atoms with van der Waals surface area (Å²) >= 11 is 11.9. The molecule has 1 aromatic rings. The van der Waals surface area contributed by atoms with E-state index in [4.69, 9.17) is 23.2 Å². The second kappa shape index (κ2) is 6.91. The summed E-state index contributed by atoms with van der Waals surface area (Å²) in [6.45, 7) is 4.97. The monoisotopic (exact) mass is 304 g/mol. The Bertz CT molecular complexity index is 422.